The molecule has 0 radical (unpaired) electrons. The molecule has 3 heterocycles. The molecule has 1 amide bonds. The highest BCUT2D eigenvalue weighted by atomic mass is 35.5. The third kappa shape index (κ3) is 4.93. The van der Waals surface area contributed by atoms with E-state index in [4.69, 9.17) is 16.3 Å². The number of rotatable bonds is 7. The lowest BCUT2D eigenvalue weighted by atomic mass is 10.00. The number of hydrogen-bond donors (Lipinski definition) is 1. The van der Waals surface area contributed by atoms with Crippen LogP contribution >= 0.6 is 11.6 Å². The van der Waals surface area contributed by atoms with Crippen molar-refractivity contribution in [3.63, 3.8) is 0 Å². The molecule has 2 aliphatic heterocycles. The van der Waals surface area contributed by atoms with Gasteiger partial charge in [0.2, 0.25) is 0 Å². The fourth-order valence-electron chi connectivity index (χ4n) is 5.62. The van der Waals surface area contributed by atoms with Gasteiger partial charge >= 0.3 is 5.69 Å². The zero-order valence-electron chi connectivity index (χ0n) is 22.4. The highest BCUT2D eigenvalue weighted by Crippen LogP contribution is 2.31. The molecular formula is C29H30ClN5O5S. The lowest BCUT2D eigenvalue weighted by Gasteiger charge is -2.47. The second-order valence-corrected chi connectivity index (χ2v) is 12.4. The summed E-state index contributed by atoms with van der Waals surface area (Å²) < 4.78 is 34.9. The van der Waals surface area contributed by atoms with Crippen LogP contribution in [0.5, 0.6) is 5.75 Å². The van der Waals surface area contributed by atoms with E-state index in [2.05, 4.69) is 10.2 Å². The number of piperazine rings is 1. The standard InChI is InChI=1S/C29H30ClN5O5S/c1-40-23-8-10-24(11-9-23)41(38,39)35-25-12-7-21(30)17-26(25)34(29(35)37)27(20-5-3-2-4-6-20)28(36)33-18-22(19-33)32-15-13-31-14-16-32/h2-12,17,22,27,31H,13-16,18-19H2,1H3. The van der Waals surface area contributed by atoms with Gasteiger partial charge in [-0.1, -0.05) is 41.9 Å². The van der Waals surface area contributed by atoms with E-state index in [1.165, 1.54) is 54.1 Å². The molecule has 1 unspecified atom stereocenters. The maximum absolute atomic E-state index is 14.2. The number of nitrogens with one attached hydrogen (secondary N) is 1. The lowest BCUT2D eigenvalue weighted by molar-refractivity contribution is -0.141. The third-order valence-electron chi connectivity index (χ3n) is 7.84. The fraction of sp³-hybridized carbons (Fsp3) is 0.310. The van der Waals surface area contributed by atoms with Crippen LogP contribution in [0.25, 0.3) is 11.0 Å². The first-order valence-corrected chi connectivity index (χ1v) is 15.2. The summed E-state index contributed by atoms with van der Waals surface area (Å²) >= 11 is 6.36. The molecule has 0 aliphatic carbocycles. The molecule has 1 aromatic heterocycles. The number of carbonyl (C=O) groups excluding carboxylic acids is 1. The summed E-state index contributed by atoms with van der Waals surface area (Å²) in [6.45, 7) is 4.75. The minimum atomic E-state index is -4.34. The number of imidazole rings is 1. The monoisotopic (exact) mass is 595 g/mol. The molecule has 0 bridgehead atoms. The number of likely N-dealkylation sites (tertiary alicyclic amines) is 1. The van der Waals surface area contributed by atoms with Crippen LogP contribution in [0.15, 0.2) is 82.5 Å². The van der Waals surface area contributed by atoms with Crippen LogP contribution in [0.4, 0.5) is 0 Å². The minimum absolute atomic E-state index is 0.0846. The molecule has 1 atom stereocenters. The Hall–Kier alpha value is -3.64. The van der Waals surface area contributed by atoms with Crippen molar-refractivity contribution in [2.24, 2.45) is 0 Å². The maximum Gasteiger partial charge on any atom is 0.344 e. The first-order chi connectivity index (χ1) is 19.8. The average molecular weight is 596 g/mol. The summed E-state index contributed by atoms with van der Waals surface area (Å²) in [7, 11) is -2.86. The van der Waals surface area contributed by atoms with Crippen LogP contribution in [0, 0.1) is 0 Å². The number of ether oxygens (including phenoxy) is 1. The van der Waals surface area contributed by atoms with E-state index in [0.717, 1.165) is 30.2 Å². The van der Waals surface area contributed by atoms with E-state index in [0.29, 0.717) is 29.4 Å². The van der Waals surface area contributed by atoms with E-state index >= 15 is 0 Å². The van der Waals surface area contributed by atoms with Gasteiger partial charge in [-0.05, 0) is 48.0 Å². The zero-order valence-corrected chi connectivity index (χ0v) is 24.0. The Labute approximate surface area is 242 Å². The van der Waals surface area contributed by atoms with Gasteiger partial charge in [0, 0.05) is 50.3 Å². The lowest BCUT2D eigenvalue weighted by Crippen LogP contribution is -2.64. The SMILES string of the molecule is COc1ccc(S(=O)(=O)n2c(=O)n(C(C(=O)N3CC(N4CCNCC4)C3)c3ccccc3)c3cc(Cl)ccc32)cc1. The van der Waals surface area contributed by atoms with Crippen molar-refractivity contribution in [2.45, 2.75) is 17.0 Å². The van der Waals surface area contributed by atoms with Crippen molar-refractivity contribution in [3.8, 4) is 5.75 Å². The summed E-state index contributed by atoms with van der Waals surface area (Å²) in [4.78, 5) is 32.4. The van der Waals surface area contributed by atoms with Crippen LogP contribution in [-0.2, 0) is 14.8 Å². The van der Waals surface area contributed by atoms with E-state index in [1.54, 1.807) is 29.2 Å². The Kier molecular flexibility index (Phi) is 7.37. The quantitative estimate of drug-likeness (QED) is 0.350. The summed E-state index contributed by atoms with van der Waals surface area (Å²) in [5, 5.41) is 3.66. The molecule has 0 saturated carbocycles. The summed E-state index contributed by atoms with van der Waals surface area (Å²) in [6, 6.07) is 18.5. The van der Waals surface area contributed by atoms with Crippen molar-refractivity contribution in [2.75, 3.05) is 46.4 Å². The van der Waals surface area contributed by atoms with E-state index in [-0.39, 0.29) is 27.9 Å². The number of benzene rings is 3. The Morgan fingerprint density at radius 1 is 0.976 bits per heavy atom. The van der Waals surface area contributed by atoms with Gasteiger partial charge in [-0.15, -0.1) is 0 Å². The van der Waals surface area contributed by atoms with Crippen LogP contribution in [0.1, 0.15) is 11.6 Å². The number of halogens is 1. The van der Waals surface area contributed by atoms with E-state index in [9.17, 15) is 18.0 Å². The van der Waals surface area contributed by atoms with E-state index < -0.39 is 21.8 Å². The number of fused-ring (bicyclic) bond motifs is 1. The fourth-order valence-corrected chi connectivity index (χ4v) is 7.19. The largest absolute Gasteiger partial charge is 0.497 e. The Bertz CT molecular complexity index is 1740. The molecule has 3 aromatic carbocycles. The summed E-state index contributed by atoms with van der Waals surface area (Å²) in [5.41, 5.74) is 0.109. The van der Waals surface area contributed by atoms with Crippen molar-refractivity contribution in [1.29, 1.82) is 0 Å². The van der Waals surface area contributed by atoms with Crippen LogP contribution in [0.2, 0.25) is 5.02 Å². The van der Waals surface area contributed by atoms with E-state index in [1.807, 2.05) is 6.07 Å². The number of nitrogens with zero attached hydrogens (tertiary/aromatic N) is 4. The van der Waals surface area contributed by atoms with Gasteiger partial charge in [0.15, 0.2) is 0 Å². The van der Waals surface area contributed by atoms with Crippen LogP contribution in [0.3, 0.4) is 0 Å². The molecule has 6 rings (SSSR count). The molecule has 0 spiro atoms. The van der Waals surface area contributed by atoms with Crippen LogP contribution in [-0.4, -0.2) is 85.1 Å². The molecule has 12 heteroatoms. The van der Waals surface area contributed by atoms with Crippen molar-refractivity contribution >= 4 is 38.6 Å². The number of methoxy groups -OCH3 is 1. The Balaban J connectivity index is 1.47. The van der Waals surface area contributed by atoms with Gasteiger partial charge in [0.05, 0.1) is 23.0 Å². The van der Waals surface area contributed by atoms with Gasteiger partial charge in [-0.25, -0.2) is 13.2 Å². The molecule has 1 N–H and O–H groups in total. The van der Waals surface area contributed by atoms with Crippen molar-refractivity contribution in [3.05, 3.63) is 93.9 Å². The molecule has 2 fully saturated rings. The zero-order chi connectivity index (χ0) is 28.7. The first kappa shape index (κ1) is 27.5. The average Bonchev–Trinajstić information content (AvgIpc) is 3.25. The molecule has 2 saturated heterocycles. The predicted molar refractivity (Wildman–Crippen MR) is 156 cm³/mol. The normalized spacial score (nSPS) is 17.4. The minimum Gasteiger partial charge on any atom is -0.497 e. The van der Waals surface area contributed by atoms with Crippen molar-refractivity contribution in [1.82, 2.24) is 23.7 Å². The number of amides is 1. The second-order valence-electron chi connectivity index (χ2n) is 10.2. The summed E-state index contributed by atoms with van der Waals surface area (Å²) in [6.07, 6.45) is 0. The number of hydrogen-bond acceptors (Lipinski definition) is 7. The van der Waals surface area contributed by atoms with Crippen LogP contribution < -0.4 is 15.7 Å². The Morgan fingerprint density at radius 3 is 2.32 bits per heavy atom. The smallest absolute Gasteiger partial charge is 0.344 e. The molecule has 4 aromatic rings. The maximum atomic E-state index is 14.2. The molecule has 10 nitrogen and oxygen atoms in total. The van der Waals surface area contributed by atoms with Crippen molar-refractivity contribution < 1.29 is 17.9 Å². The number of carbonyl (C=O) groups is 1. The van der Waals surface area contributed by atoms with Gasteiger partial charge in [0.25, 0.3) is 15.9 Å². The predicted octanol–water partition coefficient (Wildman–Crippen LogP) is 2.41. The summed E-state index contributed by atoms with van der Waals surface area (Å²) in [5.74, 6) is 0.208. The van der Waals surface area contributed by atoms with Gasteiger partial charge in [0.1, 0.15) is 11.8 Å². The molecule has 41 heavy (non-hydrogen) atoms. The Morgan fingerprint density at radius 2 is 1.66 bits per heavy atom. The highest BCUT2D eigenvalue weighted by molar-refractivity contribution is 7.90. The second kappa shape index (κ2) is 11.0. The molecule has 214 valence electrons. The highest BCUT2D eigenvalue weighted by Gasteiger charge is 2.40. The van der Waals surface area contributed by atoms with Gasteiger partial charge in [-0.2, -0.15) is 3.97 Å². The third-order valence-corrected chi connectivity index (χ3v) is 9.78. The first-order valence-electron chi connectivity index (χ1n) is 13.4. The molecular weight excluding hydrogens is 566 g/mol. The van der Waals surface area contributed by atoms with Gasteiger partial charge < -0.3 is 15.0 Å². The van der Waals surface area contributed by atoms with Gasteiger partial charge in [-0.3, -0.25) is 14.3 Å². The number of aromatic nitrogens is 2. The topological polar surface area (TPSA) is 106 Å². The molecule has 2 aliphatic rings.